The number of hydrogen-bond donors (Lipinski definition) is 1. The molecule has 3 aromatic carbocycles. The zero-order valence-corrected chi connectivity index (χ0v) is 16.6. The first kappa shape index (κ1) is 18.6. The SMILES string of the molecule is Cc1ccc(C(=O)Nc2ccc(-n3c(C)nc4ccccc4c3=O)cc2C)cc1. The molecule has 144 valence electrons. The summed E-state index contributed by atoms with van der Waals surface area (Å²) in [6, 6.07) is 20.3. The predicted octanol–water partition coefficient (Wildman–Crippen LogP) is 4.56. The van der Waals surface area contributed by atoms with Crippen LogP contribution in [-0.4, -0.2) is 15.5 Å². The van der Waals surface area contributed by atoms with Crippen LogP contribution in [0, 0.1) is 20.8 Å². The van der Waals surface area contributed by atoms with Gasteiger partial charge in [0, 0.05) is 11.3 Å². The molecule has 0 fully saturated rings. The van der Waals surface area contributed by atoms with Crippen LogP contribution >= 0.6 is 0 Å². The molecular formula is C24H21N3O2. The zero-order chi connectivity index (χ0) is 20.5. The molecule has 0 aliphatic carbocycles. The van der Waals surface area contributed by atoms with E-state index in [0.717, 1.165) is 16.8 Å². The summed E-state index contributed by atoms with van der Waals surface area (Å²) in [4.78, 5) is 30.1. The van der Waals surface area contributed by atoms with Crippen molar-refractivity contribution >= 4 is 22.5 Å². The van der Waals surface area contributed by atoms with E-state index in [1.165, 1.54) is 0 Å². The second kappa shape index (κ2) is 7.36. The number of carbonyl (C=O) groups is 1. The van der Waals surface area contributed by atoms with Gasteiger partial charge < -0.3 is 5.32 Å². The highest BCUT2D eigenvalue weighted by Gasteiger charge is 2.12. The topological polar surface area (TPSA) is 64.0 Å². The van der Waals surface area contributed by atoms with E-state index in [1.807, 2.05) is 69.3 Å². The van der Waals surface area contributed by atoms with Crippen molar-refractivity contribution in [3.63, 3.8) is 0 Å². The molecule has 5 heteroatoms. The highest BCUT2D eigenvalue weighted by atomic mass is 16.1. The third-order valence-corrected chi connectivity index (χ3v) is 4.97. The number of aromatic nitrogens is 2. The van der Waals surface area contributed by atoms with Crippen molar-refractivity contribution in [1.29, 1.82) is 0 Å². The summed E-state index contributed by atoms with van der Waals surface area (Å²) in [5.41, 5.74) is 4.57. The molecule has 4 aromatic rings. The summed E-state index contributed by atoms with van der Waals surface area (Å²) in [7, 11) is 0. The molecular weight excluding hydrogens is 362 g/mol. The highest BCUT2D eigenvalue weighted by molar-refractivity contribution is 6.04. The van der Waals surface area contributed by atoms with Gasteiger partial charge in [0.1, 0.15) is 5.82 Å². The molecule has 0 spiro atoms. The number of fused-ring (bicyclic) bond motifs is 1. The Balaban J connectivity index is 1.69. The van der Waals surface area contributed by atoms with Gasteiger partial charge in [-0.3, -0.25) is 14.2 Å². The van der Waals surface area contributed by atoms with E-state index in [1.54, 1.807) is 22.8 Å². The minimum absolute atomic E-state index is 0.107. The van der Waals surface area contributed by atoms with E-state index in [2.05, 4.69) is 10.3 Å². The Morgan fingerprint density at radius 1 is 0.931 bits per heavy atom. The van der Waals surface area contributed by atoms with Crippen LogP contribution in [0.25, 0.3) is 16.6 Å². The van der Waals surface area contributed by atoms with Crippen molar-refractivity contribution < 1.29 is 4.79 Å². The lowest BCUT2D eigenvalue weighted by atomic mass is 10.1. The number of para-hydroxylation sites is 1. The van der Waals surface area contributed by atoms with Crippen molar-refractivity contribution in [1.82, 2.24) is 9.55 Å². The van der Waals surface area contributed by atoms with Gasteiger partial charge in [-0.05, 0) is 68.8 Å². The molecule has 0 aliphatic heterocycles. The predicted molar refractivity (Wildman–Crippen MR) is 116 cm³/mol. The number of benzene rings is 3. The Labute approximate surface area is 168 Å². The molecule has 29 heavy (non-hydrogen) atoms. The van der Waals surface area contributed by atoms with Crippen LogP contribution in [0.4, 0.5) is 5.69 Å². The summed E-state index contributed by atoms with van der Waals surface area (Å²) >= 11 is 0. The molecule has 0 unspecified atom stereocenters. The van der Waals surface area contributed by atoms with Crippen molar-refractivity contribution in [3.8, 4) is 5.69 Å². The minimum atomic E-state index is -0.165. The number of nitrogens with zero attached hydrogens (tertiary/aromatic N) is 2. The van der Waals surface area contributed by atoms with Crippen LogP contribution < -0.4 is 10.9 Å². The van der Waals surface area contributed by atoms with Crippen LogP contribution in [0.15, 0.2) is 71.5 Å². The lowest BCUT2D eigenvalue weighted by Crippen LogP contribution is -2.22. The summed E-state index contributed by atoms with van der Waals surface area (Å²) in [5.74, 6) is 0.450. The van der Waals surface area contributed by atoms with Crippen LogP contribution in [0.5, 0.6) is 0 Å². The van der Waals surface area contributed by atoms with Crippen LogP contribution in [-0.2, 0) is 0 Å². The second-order valence-electron chi connectivity index (χ2n) is 7.14. The number of hydrogen-bond acceptors (Lipinski definition) is 3. The van der Waals surface area contributed by atoms with Gasteiger partial charge in [-0.25, -0.2) is 4.98 Å². The van der Waals surface area contributed by atoms with Gasteiger partial charge >= 0.3 is 0 Å². The summed E-state index contributed by atoms with van der Waals surface area (Å²) < 4.78 is 1.60. The average Bonchev–Trinajstić information content (AvgIpc) is 2.70. The number of carbonyl (C=O) groups excluding carboxylic acids is 1. The van der Waals surface area contributed by atoms with E-state index >= 15 is 0 Å². The van der Waals surface area contributed by atoms with E-state index in [0.29, 0.717) is 28.0 Å². The Kier molecular flexibility index (Phi) is 4.72. The highest BCUT2D eigenvalue weighted by Crippen LogP contribution is 2.21. The van der Waals surface area contributed by atoms with Gasteiger partial charge in [0.25, 0.3) is 11.5 Å². The standard InChI is InChI=1S/C24H21N3O2/c1-15-8-10-18(11-9-15)23(28)26-21-13-12-19(14-16(21)2)27-17(3)25-22-7-5-4-6-20(22)24(27)29/h4-14H,1-3H3,(H,26,28). The Hall–Kier alpha value is -3.73. The van der Waals surface area contributed by atoms with Crippen LogP contribution in [0.1, 0.15) is 27.3 Å². The second-order valence-corrected chi connectivity index (χ2v) is 7.14. The van der Waals surface area contributed by atoms with Crippen LogP contribution in [0.2, 0.25) is 0 Å². The molecule has 1 heterocycles. The molecule has 1 amide bonds. The number of aryl methyl sites for hydroxylation is 3. The van der Waals surface area contributed by atoms with E-state index in [9.17, 15) is 9.59 Å². The molecule has 0 aliphatic rings. The number of nitrogens with one attached hydrogen (secondary N) is 1. The van der Waals surface area contributed by atoms with Gasteiger partial charge in [0.05, 0.1) is 16.6 Å². The molecule has 0 atom stereocenters. The van der Waals surface area contributed by atoms with Crippen molar-refractivity contribution in [2.75, 3.05) is 5.32 Å². The van der Waals surface area contributed by atoms with Gasteiger partial charge in [-0.2, -0.15) is 0 Å². The Morgan fingerprint density at radius 3 is 2.38 bits per heavy atom. The van der Waals surface area contributed by atoms with Gasteiger partial charge in [0.2, 0.25) is 0 Å². The lowest BCUT2D eigenvalue weighted by molar-refractivity contribution is 0.102. The molecule has 0 radical (unpaired) electrons. The lowest BCUT2D eigenvalue weighted by Gasteiger charge is -2.14. The monoisotopic (exact) mass is 383 g/mol. The molecule has 5 nitrogen and oxygen atoms in total. The maximum absolute atomic E-state index is 13.0. The number of amides is 1. The molecule has 1 N–H and O–H groups in total. The average molecular weight is 383 g/mol. The first-order valence-corrected chi connectivity index (χ1v) is 9.41. The van der Waals surface area contributed by atoms with Gasteiger partial charge in [-0.1, -0.05) is 29.8 Å². The third-order valence-electron chi connectivity index (χ3n) is 4.97. The molecule has 0 saturated heterocycles. The first-order valence-electron chi connectivity index (χ1n) is 9.41. The fraction of sp³-hybridized carbons (Fsp3) is 0.125. The summed E-state index contributed by atoms with van der Waals surface area (Å²) in [5, 5.41) is 3.52. The van der Waals surface area contributed by atoms with Crippen molar-refractivity contribution in [2.24, 2.45) is 0 Å². The molecule has 0 bridgehead atoms. The van der Waals surface area contributed by atoms with E-state index in [4.69, 9.17) is 0 Å². The van der Waals surface area contributed by atoms with Gasteiger partial charge in [-0.15, -0.1) is 0 Å². The number of rotatable bonds is 3. The fourth-order valence-electron chi connectivity index (χ4n) is 3.37. The first-order chi connectivity index (χ1) is 13.9. The summed E-state index contributed by atoms with van der Waals surface area (Å²) in [6.07, 6.45) is 0. The maximum atomic E-state index is 13.0. The zero-order valence-electron chi connectivity index (χ0n) is 16.6. The molecule has 1 aromatic heterocycles. The molecule has 4 rings (SSSR count). The Bertz CT molecular complexity index is 1290. The van der Waals surface area contributed by atoms with Gasteiger partial charge in [0.15, 0.2) is 0 Å². The fourth-order valence-corrected chi connectivity index (χ4v) is 3.37. The summed E-state index contributed by atoms with van der Waals surface area (Å²) in [6.45, 7) is 5.70. The number of anilines is 1. The smallest absolute Gasteiger partial charge is 0.265 e. The van der Waals surface area contributed by atoms with E-state index in [-0.39, 0.29) is 11.5 Å². The molecule has 0 saturated carbocycles. The Morgan fingerprint density at radius 2 is 1.66 bits per heavy atom. The largest absolute Gasteiger partial charge is 0.322 e. The maximum Gasteiger partial charge on any atom is 0.265 e. The van der Waals surface area contributed by atoms with E-state index < -0.39 is 0 Å². The normalized spacial score (nSPS) is 10.9. The van der Waals surface area contributed by atoms with Crippen molar-refractivity contribution in [3.05, 3.63) is 99.6 Å². The van der Waals surface area contributed by atoms with Crippen molar-refractivity contribution in [2.45, 2.75) is 20.8 Å². The minimum Gasteiger partial charge on any atom is -0.322 e. The third kappa shape index (κ3) is 3.55. The van der Waals surface area contributed by atoms with Crippen LogP contribution in [0.3, 0.4) is 0 Å². The quantitative estimate of drug-likeness (QED) is 0.564.